The van der Waals surface area contributed by atoms with E-state index in [0.717, 1.165) is 51.4 Å². The van der Waals surface area contributed by atoms with Crippen molar-refractivity contribution in [2.75, 3.05) is 65.4 Å². The number of hydrogen-bond donors (Lipinski definition) is 2. The number of benzene rings is 1. The average molecular weight is 483 g/mol. The molecule has 0 bridgehead atoms. The van der Waals surface area contributed by atoms with Crippen LogP contribution in [0.2, 0.25) is 0 Å². The Morgan fingerprint density at radius 2 is 1.54 bits per heavy atom. The van der Waals surface area contributed by atoms with Gasteiger partial charge < -0.3 is 20.0 Å². The third-order valence-electron chi connectivity index (χ3n) is 7.95. The minimum Gasteiger partial charge on any atom is -0.322 e. The van der Waals surface area contributed by atoms with E-state index in [-0.39, 0.29) is 24.1 Å². The molecule has 9 heteroatoms. The van der Waals surface area contributed by atoms with E-state index in [1.54, 1.807) is 4.90 Å². The van der Waals surface area contributed by atoms with Crippen LogP contribution >= 0.6 is 0 Å². The number of fused-ring (bicyclic) bond motifs is 1. The standard InChI is InChI=1S/C26H38N6O3/c33-24-7-6-23(25(34)28-24)32-19-22-20(4-3-5-21(22)26(32)35)18-31-16-14-30(15-17-31)11-2-1-10-29-12-8-27-9-13-29/h3-5,23,27H,1-2,6-19H2,(H,28,33,34). The van der Waals surface area contributed by atoms with Gasteiger partial charge in [-0.1, -0.05) is 12.1 Å². The first kappa shape index (κ1) is 24.4. The van der Waals surface area contributed by atoms with Gasteiger partial charge in [-0.05, 0) is 49.5 Å². The number of hydrogen-bond acceptors (Lipinski definition) is 7. The van der Waals surface area contributed by atoms with Gasteiger partial charge in [0.25, 0.3) is 5.91 Å². The second-order valence-electron chi connectivity index (χ2n) is 10.3. The number of carbonyl (C=O) groups is 3. The van der Waals surface area contributed by atoms with Crippen molar-refractivity contribution in [3.63, 3.8) is 0 Å². The first-order chi connectivity index (χ1) is 17.1. The van der Waals surface area contributed by atoms with Gasteiger partial charge in [0, 0.05) is 77.4 Å². The molecule has 0 spiro atoms. The number of carbonyl (C=O) groups excluding carboxylic acids is 3. The van der Waals surface area contributed by atoms with E-state index in [2.05, 4.69) is 31.4 Å². The van der Waals surface area contributed by atoms with E-state index in [1.165, 1.54) is 44.6 Å². The number of piperazine rings is 2. The molecule has 5 rings (SSSR count). The zero-order chi connectivity index (χ0) is 24.2. The van der Waals surface area contributed by atoms with Crippen LogP contribution in [0, 0.1) is 0 Å². The summed E-state index contributed by atoms with van der Waals surface area (Å²) in [6.45, 7) is 12.5. The van der Waals surface area contributed by atoms with Crippen molar-refractivity contribution in [3.8, 4) is 0 Å². The Morgan fingerprint density at radius 1 is 0.857 bits per heavy atom. The molecular weight excluding hydrogens is 444 g/mol. The monoisotopic (exact) mass is 482 g/mol. The summed E-state index contributed by atoms with van der Waals surface area (Å²) in [5, 5.41) is 5.80. The van der Waals surface area contributed by atoms with Gasteiger partial charge in [0.2, 0.25) is 11.8 Å². The number of amides is 3. The second-order valence-corrected chi connectivity index (χ2v) is 10.3. The molecule has 0 radical (unpaired) electrons. The van der Waals surface area contributed by atoms with Crippen LogP contribution in [0.1, 0.15) is 47.2 Å². The topological polar surface area (TPSA) is 88.2 Å². The van der Waals surface area contributed by atoms with Crippen molar-refractivity contribution < 1.29 is 14.4 Å². The van der Waals surface area contributed by atoms with Crippen LogP contribution in [-0.2, 0) is 22.7 Å². The van der Waals surface area contributed by atoms with Gasteiger partial charge in [0.1, 0.15) is 6.04 Å². The highest BCUT2D eigenvalue weighted by atomic mass is 16.2. The third kappa shape index (κ3) is 5.74. The van der Waals surface area contributed by atoms with Gasteiger partial charge in [-0.3, -0.25) is 24.6 Å². The highest BCUT2D eigenvalue weighted by Crippen LogP contribution is 2.30. The van der Waals surface area contributed by atoms with Gasteiger partial charge in [0.05, 0.1) is 0 Å². The highest BCUT2D eigenvalue weighted by molar-refractivity contribution is 6.05. The molecule has 1 unspecified atom stereocenters. The summed E-state index contributed by atoms with van der Waals surface area (Å²) in [5.74, 6) is -0.704. The van der Waals surface area contributed by atoms with Gasteiger partial charge in [-0.2, -0.15) is 0 Å². The number of rotatable bonds is 8. The first-order valence-electron chi connectivity index (χ1n) is 13.2. The molecular formula is C26H38N6O3. The Hall–Kier alpha value is -2.33. The first-order valence-corrected chi connectivity index (χ1v) is 13.2. The lowest BCUT2D eigenvalue weighted by Gasteiger charge is -2.35. The van der Waals surface area contributed by atoms with E-state index in [4.69, 9.17) is 0 Å². The van der Waals surface area contributed by atoms with Crippen LogP contribution < -0.4 is 10.6 Å². The van der Waals surface area contributed by atoms with Crippen LogP contribution in [0.5, 0.6) is 0 Å². The molecule has 1 aromatic carbocycles. The molecule has 4 heterocycles. The molecule has 1 atom stereocenters. The molecule has 0 saturated carbocycles. The maximum atomic E-state index is 13.1. The van der Waals surface area contributed by atoms with E-state index in [0.29, 0.717) is 18.5 Å². The van der Waals surface area contributed by atoms with Crippen molar-refractivity contribution in [1.82, 2.24) is 30.2 Å². The minimum atomic E-state index is -0.560. The summed E-state index contributed by atoms with van der Waals surface area (Å²) in [6.07, 6.45) is 3.21. The Balaban J connectivity index is 1.09. The Morgan fingerprint density at radius 3 is 2.26 bits per heavy atom. The van der Waals surface area contributed by atoms with E-state index in [9.17, 15) is 14.4 Å². The van der Waals surface area contributed by atoms with E-state index < -0.39 is 6.04 Å². The minimum absolute atomic E-state index is 0.0954. The Labute approximate surface area is 207 Å². The number of piperidine rings is 1. The Bertz CT molecular complexity index is 939. The van der Waals surface area contributed by atoms with Gasteiger partial charge in [-0.15, -0.1) is 0 Å². The van der Waals surface area contributed by atoms with Gasteiger partial charge in [0.15, 0.2) is 0 Å². The molecule has 4 aliphatic rings. The van der Waals surface area contributed by atoms with E-state index in [1.807, 2.05) is 12.1 Å². The predicted molar refractivity (Wildman–Crippen MR) is 133 cm³/mol. The normalized spacial score (nSPS) is 24.6. The number of imide groups is 1. The van der Waals surface area contributed by atoms with Crippen LogP contribution in [0.4, 0.5) is 0 Å². The fourth-order valence-electron chi connectivity index (χ4n) is 5.82. The largest absolute Gasteiger partial charge is 0.322 e. The van der Waals surface area contributed by atoms with Crippen LogP contribution in [0.3, 0.4) is 0 Å². The number of unbranched alkanes of at least 4 members (excludes halogenated alkanes) is 1. The highest BCUT2D eigenvalue weighted by Gasteiger charge is 2.39. The smallest absolute Gasteiger partial charge is 0.255 e. The molecule has 4 aliphatic heterocycles. The molecule has 3 saturated heterocycles. The average Bonchev–Trinajstić information content (AvgIpc) is 3.21. The van der Waals surface area contributed by atoms with Crippen molar-refractivity contribution in [2.24, 2.45) is 0 Å². The van der Waals surface area contributed by atoms with Crippen molar-refractivity contribution in [3.05, 3.63) is 34.9 Å². The van der Waals surface area contributed by atoms with E-state index >= 15 is 0 Å². The maximum absolute atomic E-state index is 13.1. The zero-order valence-corrected chi connectivity index (χ0v) is 20.6. The molecule has 9 nitrogen and oxygen atoms in total. The molecule has 190 valence electrons. The lowest BCUT2D eigenvalue weighted by molar-refractivity contribution is -0.136. The zero-order valence-electron chi connectivity index (χ0n) is 20.6. The Kier molecular flexibility index (Phi) is 7.77. The molecule has 2 N–H and O–H groups in total. The van der Waals surface area contributed by atoms with Crippen molar-refractivity contribution in [2.45, 2.75) is 44.8 Å². The van der Waals surface area contributed by atoms with Crippen LogP contribution in [0.15, 0.2) is 18.2 Å². The van der Waals surface area contributed by atoms with Crippen molar-refractivity contribution in [1.29, 1.82) is 0 Å². The fourth-order valence-corrected chi connectivity index (χ4v) is 5.82. The SMILES string of the molecule is O=C1CCC(N2Cc3c(CN4CCN(CCCCN5CCNCC5)CC4)cccc3C2=O)C(=O)N1. The molecule has 35 heavy (non-hydrogen) atoms. The molecule has 3 amide bonds. The summed E-state index contributed by atoms with van der Waals surface area (Å²) in [7, 11) is 0. The van der Waals surface area contributed by atoms with Crippen molar-refractivity contribution >= 4 is 17.7 Å². The lowest BCUT2D eigenvalue weighted by atomic mass is 10.0. The summed E-state index contributed by atoms with van der Waals surface area (Å²) < 4.78 is 0. The van der Waals surface area contributed by atoms with Crippen LogP contribution in [0.25, 0.3) is 0 Å². The quantitative estimate of drug-likeness (QED) is 0.406. The molecule has 0 aromatic heterocycles. The van der Waals surface area contributed by atoms with Gasteiger partial charge >= 0.3 is 0 Å². The lowest BCUT2D eigenvalue weighted by Crippen LogP contribution is -2.52. The number of nitrogens with one attached hydrogen (secondary N) is 2. The third-order valence-corrected chi connectivity index (χ3v) is 7.95. The van der Waals surface area contributed by atoms with Crippen LogP contribution in [-0.4, -0.2) is 109 Å². The molecule has 3 fully saturated rings. The summed E-state index contributed by atoms with van der Waals surface area (Å²) >= 11 is 0. The fraction of sp³-hybridized carbons (Fsp3) is 0.654. The summed E-state index contributed by atoms with van der Waals surface area (Å²) in [5.41, 5.74) is 2.92. The molecule has 0 aliphatic carbocycles. The molecule has 1 aromatic rings. The predicted octanol–water partition coefficient (Wildman–Crippen LogP) is 0.251. The summed E-state index contributed by atoms with van der Waals surface area (Å²) in [4.78, 5) is 46.2. The number of nitrogens with zero attached hydrogens (tertiary/aromatic N) is 4. The second kappa shape index (κ2) is 11.2. The summed E-state index contributed by atoms with van der Waals surface area (Å²) in [6, 6.07) is 5.37. The van der Waals surface area contributed by atoms with Gasteiger partial charge in [-0.25, -0.2) is 0 Å². The maximum Gasteiger partial charge on any atom is 0.255 e.